The fraction of sp³-hybridized carbons (Fsp3) is 0.417. The Bertz CT molecular complexity index is 633. The Hall–Kier alpha value is -1.65. The molecule has 0 fully saturated rings. The molecule has 122 valence electrons. The van der Waals surface area contributed by atoms with Crippen molar-refractivity contribution >= 4 is 33.4 Å². The molecule has 1 amide bonds. The van der Waals surface area contributed by atoms with Crippen LogP contribution in [0.1, 0.15) is 6.42 Å². The molecule has 0 heterocycles. The summed E-state index contributed by atoms with van der Waals surface area (Å²) in [6, 6.07) is 4.77. The summed E-state index contributed by atoms with van der Waals surface area (Å²) >= 11 is 1.55. The smallest absolute Gasteiger partial charge is 0.270 e. The normalized spacial score (nSPS) is 11.1. The van der Waals surface area contributed by atoms with Crippen LogP contribution in [0.5, 0.6) is 0 Å². The van der Waals surface area contributed by atoms with Crippen molar-refractivity contribution in [3.63, 3.8) is 0 Å². The number of benzene rings is 1. The van der Waals surface area contributed by atoms with Gasteiger partial charge < -0.3 is 5.32 Å². The van der Waals surface area contributed by atoms with Gasteiger partial charge in [0.2, 0.25) is 15.9 Å². The highest BCUT2D eigenvalue weighted by Gasteiger charge is 2.17. The lowest BCUT2D eigenvalue weighted by Gasteiger charge is -2.08. The molecule has 2 N–H and O–H groups in total. The summed E-state index contributed by atoms with van der Waals surface area (Å²) in [5.74, 6) is 0.550. The minimum atomic E-state index is -3.84. The lowest BCUT2D eigenvalue weighted by Crippen LogP contribution is -2.34. The van der Waals surface area contributed by atoms with Gasteiger partial charge in [-0.15, -0.1) is 0 Å². The molecule has 0 saturated heterocycles. The third kappa shape index (κ3) is 6.00. The average molecular weight is 347 g/mol. The first-order valence-corrected chi connectivity index (χ1v) is 9.24. The molecule has 0 bridgehead atoms. The quantitative estimate of drug-likeness (QED) is 0.386. The summed E-state index contributed by atoms with van der Waals surface area (Å²) in [5, 5.41) is 13.2. The van der Waals surface area contributed by atoms with Crippen LogP contribution in [0.2, 0.25) is 0 Å². The number of carbonyl (C=O) groups is 1. The van der Waals surface area contributed by atoms with Crippen molar-refractivity contribution in [1.82, 2.24) is 10.0 Å². The third-order valence-electron chi connectivity index (χ3n) is 2.61. The minimum Gasteiger partial charge on any atom is -0.355 e. The number of nitrogens with one attached hydrogen (secondary N) is 2. The number of nitro groups is 1. The van der Waals surface area contributed by atoms with Gasteiger partial charge in [-0.2, -0.15) is 11.8 Å². The van der Waals surface area contributed by atoms with Crippen molar-refractivity contribution in [3.05, 3.63) is 34.4 Å². The Morgan fingerprint density at radius 3 is 2.73 bits per heavy atom. The number of hydrogen-bond donors (Lipinski definition) is 2. The molecule has 1 aromatic rings. The first kappa shape index (κ1) is 18.4. The van der Waals surface area contributed by atoms with Crippen LogP contribution in [0.3, 0.4) is 0 Å². The molecule has 0 radical (unpaired) electrons. The monoisotopic (exact) mass is 347 g/mol. The molecular weight excluding hydrogens is 330 g/mol. The molecule has 1 rings (SSSR count). The number of sulfonamides is 1. The zero-order chi connectivity index (χ0) is 16.6. The van der Waals surface area contributed by atoms with E-state index in [0.29, 0.717) is 12.2 Å². The molecule has 0 unspecified atom stereocenters. The first-order chi connectivity index (χ1) is 10.4. The van der Waals surface area contributed by atoms with Crippen molar-refractivity contribution < 1.29 is 18.1 Å². The van der Waals surface area contributed by atoms with E-state index < -0.39 is 14.9 Å². The molecule has 0 saturated carbocycles. The number of hydrogen-bond acceptors (Lipinski definition) is 6. The number of thioether (sulfide) groups is 1. The van der Waals surface area contributed by atoms with Crippen LogP contribution >= 0.6 is 11.8 Å². The van der Waals surface area contributed by atoms with Crippen LogP contribution in [0, 0.1) is 10.1 Å². The second-order valence-electron chi connectivity index (χ2n) is 4.24. The van der Waals surface area contributed by atoms with Crippen molar-refractivity contribution in [2.24, 2.45) is 0 Å². The molecule has 22 heavy (non-hydrogen) atoms. The predicted octanol–water partition coefficient (Wildman–Crippen LogP) is 0.742. The molecule has 1 aromatic carbocycles. The van der Waals surface area contributed by atoms with Crippen LogP contribution < -0.4 is 10.0 Å². The number of non-ortho nitro benzene ring substituents is 1. The summed E-state index contributed by atoms with van der Waals surface area (Å²) in [4.78, 5) is 21.1. The van der Waals surface area contributed by atoms with Crippen LogP contribution in [0.4, 0.5) is 5.69 Å². The largest absolute Gasteiger partial charge is 0.355 e. The molecule has 8 nitrogen and oxygen atoms in total. The maximum Gasteiger partial charge on any atom is 0.270 e. The fourth-order valence-electron chi connectivity index (χ4n) is 1.52. The SMILES string of the molecule is CSCCC(=O)NCCNS(=O)(=O)c1cccc([N+](=O)[O-])c1. The molecule has 0 atom stereocenters. The Morgan fingerprint density at radius 2 is 2.09 bits per heavy atom. The molecule has 0 spiro atoms. The standard InChI is InChI=1S/C12H17N3O5S2/c1-21-8-5-12(16)13-6-7-14-22(19,20)11-4-2-3-10(9-11)15(17)18/h2-4,9,14H,5-8H2,1H3,(H,13,16). The Morgan fingerprint density at radius 1 is 1.36 bits per heavy atom. The van der Waals surface area contributed by atoms with Gasteiger partial charge in [-0.05, 0) is 12.3 Å². The Balaban J connectivity index is 2.52. The van der Waals surface area contributed by atoms with Crippen LogP contribution in [-0.2, 0) is 14.8 Å². The fourth-order valence-corrected chi connectivity index (χ4v) is 2.98. The highest BCUT2D eigenvalue weighted by molar-refractivity contribution is 7.98. The van der Waals surface area contributed by atoms with E-state index in [4.69, 9.17) is 0 Å². The number of nitrogens with zero attached hydrogens (tertiary/aromatic N) is 1. The van der Waals surface area contributed by atoms with Gasteiger partial charge in [-0.1, -0.05) is 6.07 Å². The second-order valence-corrected chi connectivity index (χ2v) is 7.00. The molecule has 0 aliphatic rings. The van der Waals surface area contributed by atoms with E-state index in [1.807, 2.05) is 6.26 Å². The van der Waals surface area contributed by atoms with Crippen molar-refractivity contribution in [2.75, 3.05) is 25.1 Å². The lowest BCUT2D eigenvalue weighted by molar-refractivity contribution is -0.385. The average Bonchev–Trinajstić information content (AvgIpc) is 2.49. The molecule has 0 aliphatic heterocycles. The van der Waals surface area contributed by atoms with Gasteiger partial charge in [0.15, 0.2) is 0 Å². The van der Waals surface area contributed by atoms with E-state index in [-0.39, 0.29) is 29.6 Å². The number of carbonyl (C=O) groups excluding carboxylic acids is 1. The number of amides is 1. The van der Waals surface area contributed by atoms with Crippen LogP contribution in [0.25, 0.3) is 0 Å². The van der Waals surface area contributed by atoms with E-state index in [9.17, 15) is 23.3 Å². The molecule has 0 aromatic heterocycles. The predicted molar refractivity (Wildman–Crippen MR) is 84.3 cm³/mol. The van der Waals surface area contributed by atoms with Crippen molar-refractivity contribution in [2.45, 2.75) is 11.3 Å². The first-order valence-electron chi connectivity index (χ1n) is 6.36. The van der Waals surface area contributed by atoms with Gasteiger partial charge in [0.05, 0.1) is 9.82 Å². The highest BCUT2D eigenvalue weighted by Crippen LogP contribution is 2.16. The van der Waals surface area contributed by atoms with E-state index in [1.54, 1.807) is 11.8 Å². The van der Waals surface area contributed by atoms with E-state index in [0.717, 1.165) is 6.07 Å². The van der Waals surface area contributed by atoms with Gasteiger partial charge in [-0.25, -0.2) is 13.1 Å². The zero-order valence-electron chi connectivity index (χ0n) is 11.9. The zero-order valence-corrected chi connectivity index (χ0v) is 13.6. The summed E-state index contributed by atoms with van der Waals surface area (Å²) in [7, 11) is -3.84. The topological polar surface area (TPSA) is 118 Å². The Kier molecular flexibility index (Phi) is 7.28. The van der Waals surface area contributed by atoms with E-state index in [2.05, 4.69) is 10.0 Å². The molecule has 10 heteroatoms. The van der Waals surface area contributed by atoms with Gasteiger partial charge in [0.25, 0.3) is 5.69 Å². The highest BCUT2D eigenvalue weighted by atomic mass is 32.2. The number of rotatable bonds is 9. The summed E-state index contributed by atoms with van der Waals surface area (Å²) < 4.78 is 26.2. The van der Waals surface area contributed by atoms with Crippen molar-refractivity contribution in [3.8, 4) is 0 Å². The van der Waals surface area contributed by atoms with Crippen molar-refractivity contribution in [1.29, 1.82) is 0 Å². The van der Waals surface area contributed by atoms with Gasteiger partial charge in [-0.3, -0.25) is 14.9 Å². The summed E-state index contributed by atoms with van der Waals surface area (Å²) in [5.41, 5.74) is -0.298. The molecule has 0 aliphatic carbocycles. The van der Waals surface area contributed by atoms with Gasteiger partial charge in [0, 0.05) is 37.4 Å². The Labute approximate surface area is 132 Å². The van der Waals surface area contributed by atoms with Gasteiger partial charge in [0.1, 0.15) is 0 Å². The lowest BCUT2D eigenvalue weighted by atomic mass is 10.3. The minimum absolute atomic E-state index is 0.00995. The second kappa shape index (κ2) is 8.71. The maximum atomic E-state index is 12.0. The number of nitro benzene ring substituents is 1. The summed E-state index contributed by atoms with van der Waals surface area (Å²) in [6.07, 6.45) is 2.26. The van der Waals surface area contributed by atoms with Gasteiger partial charge >= 0.3 is 0 Å². The third-order valence-corrected chi connectivity index (χ3v) is 4.68. The van der Waals surface area contributed by atoms with E-state index in [1.165, 1.54) is 18.2 Å². The van der Waals surface area contributed by atoms with Crippen LogP contribution in [-0.4, -0.2) is 44.3 Å². The van der Waals surface area contributed by atoms with Crippen LogP contribution in [0.15, 0.2) is 29.2 Å². The summed E-state index contributed by atoms with van der Waals surface area (Å²) in [6.45, 7) is 0.164. The maximum absolute atomic E-state index is 12.0. The van der Waals surface area contributed by atoms with E-state index >= 15 is 0 Å². The molecular formula is C12H17N3O5S2.